The van der Waals surface area contributed by atoms with Crippen molar-refractivity contribution >= 4 is 23.1 Å². The molecular formula is H2CrCuMgMnTi. The summed E-state index contributed by atoms with van der Waals surface area (Å²) in [5.74, 6) is 0. The second-order valence-electron chi connectivity index (χ2n) is 0. The Hall–Kier alpha value is 3.05. The van der Waals surface area contributed by atoms with Crippen molar-refractivity contribution in [1.82, 2.24) is 0 Å². The van der Waals surface area contributed by atoms with Crippen molar-refractivity contribution in [2.75, 3.05) is 0 Å². The minimum Gasteiger partial charge on any atom is 0 e. The summed E-state index contributed by atoms with van der Waals surface area (Å²) in [7, 11) is 0. The SMILES string of the molecule is [Cr].[Cu].[MgH2].[Mn].[Ti]. The molecule has 0 aromatic heterocycles. The normalized spacial score (nSPS) is 0. The molecule has 0 heterocycles. The Kier molecular flexibility index (Phi) is 238. The molecule has 0 aliphatic heterocycles. The predicted octanol–water partition coefficient (Wildman–Crippen LogP) is -0.926. The van der Waals surface area contributed by atoms with E-state index in [1.54, 1.807) is 0 Å². The third-order valence-electron chi connectivity index (χ3n) is 0. The van der Waals surface area contributed by atoms with Gasteiger partial charge in [0.1, 0.15) is 0 Å². The number of hydrogen-bond acceptors (Lipinski definition) is 0. The van der Waals surface area contributed by atoms with E-state index in [1.807, 2.05) is 0 Å². The van der Waals surface area contributed by atoms with E-state index in [2.05, 4.69) is 0 Å². The summed E-state index contributed by atoms with van der Waals surface area (Å²) in [6.07, 6.45) is 0. The van der Waals surface area contributed by atoms with Crippen molar-refractivity contribution in [2.45, 2.75) is 0 Å². The largest absolute Gasteiger partial charge is 0.316 e. The maximum absolute atomic E-state index is 0. The topological polar surface area (TPSA) is 0 Å². The molecule has 5 heavy (non-hydrogen) atoms. The van der Waals surface area contributed by atoms with Gasteiger partial charge in [0.15, 0.2) is 0 Å². The van der Waals surface area contributed by atoms with E-state index in [0.717, 1.165) is 0 Å². The summed E-state index contributed by atoms with van der Waals surface area (Å²) in [5, 5.41) is 0. The molecule has 0 N–H and O–H groups in total. The molecule has 0 aromatic carbocycles. The Morgan fingerprint density at radius 1 is 1.00 bits per heavy atom. The zero-order valence-corrected chi connectivity index (χ0v) is 6.55. The fraction of sp³-hybridized carbons (Fsp3) is 0. The van der Waals surface area contributed by atoms with Gasteiger partial charge in [-0.1, -0.05) is 0 Å². The van der Waals surface area contributed by atoms with Crippen LogP contribution in [0.5, 0.6) is 0 Å². The van der Waals surface area contributed by atoms with Gasteiger partial charge in [-0.15, -0.1) is 0 Å². The summed E-state index contributed by atoms with van der Waals surface area (Å²) >= 11 is 0. The van der Waals surface area contributed by atoms with Crippen molar-refractivity contribution in [3.05, 3.63) is 0 Å². The molecule has 0 bridgehead atoms. The molecule has 32 valence electrons. The van der Waals surface area contributed by atoms with Crippen molar-refractivity contribution in [2.24, 2.45) is 0 Å². The molecule has 0 spiro atoms. The van der Waals surface area contributed by atoms with Crippen molar-refractivity contribution in [3.63, 3.8) is 0 Å². The van der Waals surface area contributed by atoms with E-state index in [0.29, 0.717) is 0 Å². The van der Waals surface area contributed by atoms with Crippen LogP contribution < -0.4 is 0 Å². The molecular weight excluding hydrogens is 243 g/mol. The molecule has 0 aromatic rings. The molecule has 0 saturated carbocycles. The van der Waals surface area contributed by atoms with E-state index in [9.17, 15) is 0 Å². The first kappa shape index (κ1) is 43.0. The van der Waals surface area contributed by atoms with Crippen LogP contribution in [0, 0.1) is 0 Å². The van der Waals surface area contributed by atoms with E-state index >= 15 is 0 Å². The summed E-state index contributed by atoms with van der Waals surface area (Å²) in [4.78, 5) is 0. The third-order valence-corrected chi connectivity index (χ3v) is 0. The molecule has 0 aliphatic carbocycles. The Labute approximate surface area is 94.7 Å². The molecule has 0 aliphatic rings. The molecule has 5 heteroatoms. The van der Waals surface area contributed by atoms with Gasteiger partial charge in [-0.05, 0) is 0 Å². The Balaban J connectivity index is 0. The molecule has 0 atom stereocenters. The average Bonchev–Trinajstić information content (AvgIpc) is 0. The molecule has 0 unspecified atom stereocenters. The van der Waals surface area contributed by atoms with Gasteiger partial charge in [0, 0.05) is 73.2 Å². The van der Waals surface area contributed by atoms with Gasteiger partial charge in [0.25, 0.3) is 0 Å². The second kappa shape index (κ2) is 27.7. The minimum atomic E-state index is 0. The van der Waals surface area contributed by atoms with Crippen LogP contribution in [0.4, 0.5) is 0 Å². The summed E-state index contributed by atoms with van der Waals surface area (Å²) in [6, 6.07) is 0. The van der Waals surface area contributed by atoms with Crippen molar-refractivity contribution in [3.8, 4) is 0 Å². The van der Waals surface area contributed by atoms with Crippen LogP contribution in [0.25, 0.3) is 0 Å². The first-order chi connectivity index (χ1) is 0. The van der Waals surface area contributed by atoms with Crippen LogP contribution in [0.3, 0.4) is 0 Å². The third kappa shape index (κ3) is 19.3. The van der Waals surface area contributed by atoms with Crippen LogP contribution in [-0.2, 0) is 73.2 Å². The molecule has 0 saturated heterocycles. The van der Waals surface area contributed by atoms with Gasteiger partial charge in [-0.3, -0.25) is 0 Å². The standard InChI is InChI=1S/Cr.Cu.Mg.Mn.Ti.2H. The predicted molar refractivity (Wildman–Crippen MR) is 8.54 cm³/mol. The zero-order chi connectivity index (χ0) is 0. The van der Waals surface area contributed by atoms with E-state index in [4.69, 9.17) is 0 Å². The van der Waals surface area contributed by atoms with Crippen molar-refractivity contribution in [1.29, 1.82) is 0 Å². The smallest absolute Gasteiger partial charge is 0 e. The van der Waals surface area contributed by atoms with Crippen LogP contribution in [0.15, 0.2) is 0 Å². The van der Waals surface area contributed by atoms with Crippen molar-refractivity contribution < 1.29 is 73.2 Å². The van der Waals surface area contributed by atoms with Gasteiger partial charge in [0.05, 0.1) is 0 Å². The Bertz CT molecular complexity index is 11.6. The van der Waals surface area contributed by atoms with Gasteiger partial charge in [0.2, 0.25) is 0 Å². The van der Waals surface area contributed by atoms with Crippen LogP contribution in [0.1, 0.15) is 0 Å². The fourth-order valence-electron chi connectivity index (χ4n) is 0. The van der Waals surface area contributed by atoms with Crippen LogP contribution >= 0.6 is 0 Å². The second-order valence-corrected chi connectivity index (χ2v) is 0. The Morgan fingerprint density at radius 2 is 1.00 bits per heavy atom. The van der Waals surface area contributed by atoms with E-state index < -0.39 is 0 Å². The molecule has 0 amide bonds. The monoisotopic (exact) mass is 244 g/mol. The first-order valence-corrected chi connectivity index (χ1v) is 0. The minimum absolute atomic E-state index is 0. The average molecular weight is 245 g/mol. The van der Waals surface area contributed by atoms with E-state index in [-0.39, 0.29) is 96.3 Å². The van der Waals surface area contributed by atoms with E-state index in [1.165, 1.54) is 0 Å². The molecule has 0 rings (SSSR count). The zero-order valence-electron chi connectivity index (χ0n) is 1.59. The number of hydrogen-bond donors (Lipinski definition) is 0. The maximum Gasteiger partial charge on any atom is 0.316 e. The van der Waals surface area contributed by atoms with Crippen LogP contribution in [-0.4, -0.2) is 23.1 Å². The first-order valence-electron chi connectivity index (χ1n) is 0. The van der Waals surface area contributed by atoms with Gasteiger partial charge < -0.3 is 0 Å². The molecule has 2 radical (unpaired) electrons. The van der Waals surface area contributed by atoms with Gasteiger partial charge >= 0.3 is 23.1 Å². The van der Waals surface area contributed by atoms with Gasteiger partial charge in [-0.25, -0.2) is 0 Å². The van der Waals surface area contributed by atoms with Crippen LogP contribution in [0.2, 0.25) is 0 Å². The fourth-order valence-corrected chi connectivity index (χ4v) is 0. The summed E-state index contributed by atoms with van der Waals surface area (Å²) < 4.78 is 0. The quantitative estimate of drug-likeness (QED) is 0.484. The van der Waals surface area contributed by atoms with Gasteiger partial charge in [-0.2, -0.15) is 0 Å². The maximum atomic E-state index is 0. The molecule has 0 nitrogen and oxygen atoms in total. The molecule has 0 fully saturated rings. The number of rotatable bonds is 0. The summed E-state index contributed by atoms with van der Waals surface area (Å²) in [5.41, 5.74) is 0. The Morgan fingerprint density at radius 3 is 1.00 bits per heavy atom. The summed E-state index contributed by atoms with van der Waals surface area (Å²) in [6.45, 7) is 0.